The van der Waals surface area contributed by atoms with Crippen LogP contribution in [0, 0.1) is 10.1 Å². The van der Waals surface area contributed by atoms with Gasteiger partial charge in [0.1, 0.15) is 0 Å². The molecule has 6 nitrogen and oxygen atoms in total. The number of hydrogen-bond acceptors (Lipinski definition) is 4. The SMILES string of the molecule is O=C(Cc1ccc([N+](=O)[O-])cc1)N(CCO)C1CCC1. The van der Waals surface area contributed by atoms with Gasteiger partial charge in [-0.25, -0.2) is 0 Å². The second-order valence-electron chi connectivity index (χ2n) is 5.00. The van der Waals surface area contributed by atoms with Gasteiger partial charge in [-0.3, -0.25) is 14.9 Å². The number of amides is 1. The molecule has 0 radical (unpaired) electrons. The van der Waals surface area contributed by atoms with E-state index in [0.717, 1.165) is 24.8 Å². The van der Waals surface area contributed by atoms with Crippen molar-refractivity contribution in [3.05, 3.63) is 39.9 Å². The van der Waals surface area contributed by atoms with E-state index in [1.807, 2.05) is 0 Å². The summed E-state index contributed by atoms with van der Waals surface area (Å²) in [6.45, 7) is 0.318. The lowest BCUT2D eigenvalue weighted by Crippen LogP contribution is -2.46. The Bertz CT molecular complexity index is 482. The Kier molecular flexibility index (Phi) is 4.68. The number of carbonyl (C=O) groups is 1. The highest BCUT2D eigenvalue weighted by Gasteiger charge is 2.28. The number of non-ortho nitro benzene ring substituents is 1. The van der Waals surface area contributed by atoms with Gasteiger partial charge in [-0.15, -0.1) is 0 Å². The van der Waals surface area contributed by atoms with Gasteiger partial charge in [0, 0.05) is 24.7 Å². The van der Waals surface area contributed by atoms with Gasteiger partial charge in [0.05, 0.1) is 18.0 Å². The summed E-state index contributed by atoms with van der Waals surface area (Å²) < 4.78 is 0. The van der Waals surface area contributed by atoms with Gasteiger partial charge in [-0.1, -0.05) is 12.1 Å². The highest BCUT2D eigenvalue weighted by molar-refractivity contribution is 5.79. The van der Waals surface area contributed by atoms with Crippen LogP contribution in [0.4, 0.5) is 5.69 Å². The number of hydrogen-bond donors (Lipinski definition) is 1. The molecule has 0 heterocycles. The number of aliphatic hydroxyl groups is 1. The molecule has 1 N–H and O–H groups in total. The van der Waals surface area contributed by atoms with Crippen molar-refractivity contribution in [2.24, 2.45) is 0 Å². The van der Waals surface area contributed by atoms with E-state index in [1.165, 1.54) is 12.1 Å². The van der Waals surface area contributed by atoms with Gasteiger partial charge in [-0.05, 0) is 24.8 Å². The molecule has 0 atom stereocenters. The van der Waals surface area contributed by atoms with Crippen LogP contribution in [-0.2, 0) is 11.2 Å². The van der Waals surface area contributed by atoms with E-state index in [2.05, 4.69) is 0 Å². The summed E-state index contributed by atoms with van der Waals surface area (Å²) in [7, 11) is 0. The predicted molar refractivity (Wildman–Crippen MR) is 73.2 cm³/mol. The number of carbonyl (C=O) groups excluding carboxylic acids is 1. The molecule has 1 saturated carbocycles. The van der Waals surface area contributed by atoms with Crippen LogP contribution in [0.3, 0.4) is 0 Å². The Morgan fingerprint density at radius 1 is 1.35 bits per heavy atom. The first-order valence-electron chi connectivity index (χ1n) is 6.75. The molecule has 108 valence electrons. The number of benzene rings is 1. The molecule has 1 fully saturated rings. The van der Waals surface area contributed by atoms with Gasteiger partial charge < -0.3 is 10.0 Å². The smallest absolute Gasteiger partial charge is 0.269 e. The summed E-state index contributed by atoms with van der Waals surface area (Å²) in [6.07, 6.45) is 3.32. The van der Waals surface area contributed by atoms with Crippen LogP contribution in [-0.4, -0.2) is 40.0 Å². The molecule has 0 aliphatic heterocycles. The highest BCUT2D eigenvalue weighted by Crippen LogP contribution is 2.25. The fraction of sp³-hybridized carbons (Fsp3) is 0.500. The maximum atomic E-state index is 12.2. The minimum absolute atomic E-state index is 0.0207. The molecule has 0 saturated heterocycles. The van der Waals surface area contributed by atoms with Crippen molar-refractivity contribution in [1.29, 1.82) is 0 Å². The monoisotopic (exact) mass is 278 g/mol. The molecule has 1 amide bonds. The van der Waals surface area contributed by atoms with Crippen LogP contribution in [0.25, 0.3) is 0 Å². The zero-order valence-corrected chi connectivity index (χ0v) is 11.2. The Morgan fingerprint density at radius 3 is 2.45 bits per heavy atom. The molecule has 1 aromatic rings. The average molecular weight is 278 g/mol. The zero-order valence-electron chi connectivity index (χ0n) is 11.2. The van der Waals surface area contributed by atoms with Crippen molar-refractivity contribution < 1.29 is 14.8 Å². The van der Waals surface area contributed by atoms with Crippen molar-refractivity contribution in [2.45, 2.75) is 31.7 Å². The molecule has 0 bridgehead atoms. The largest absolute Gasteiger partial charge is 0.395 e. The normalized spacial score (nSPS) is 14.7. The fourth-order valence-corrected chi connectivity index (χ4v) is 2.33. The molecule has 1 aliphatic rings. The molecule has 1 aliphatic carbocycles. The van der Waals surface area contributed by atoms with Crippen LogP contribution in [0.15, 0.2) is 24.3 Å². The van der Waals surface area contributed by atoms with E-state index in [-0.39, 0.29) is 30.7 Å². The minimum Gasteiger partial charge on any atom is -0.395 e. The van der Waals surface area contributed by atoms with Crippen LogP contribution < -0.4 is 0 Å². The zero-order chi connectivity index (χ0) is 14.5. The third-order valence-electron chi connectivity index (χ3n) is 3.68. The molecular weight excluding hydrogens is 260 g/mol. The van der Waals surface area contributed by atoms with E-state index in [9.17, 15) is 14.9 Å². The van der Waals surface area contributed by atoms with Crippen molar-refractivity contribution in [3.63, 3.8) is 0 Å². The summed E-state index contributed by atoms with van der Waals surface area (Å²) >= 11 is 0. The molecule has 0 spiro atoms. The summed E-state index contributed by atoms with van der Waals surface area (Å²) in [5.74, 6) is -0.0300. The van der Waals surface area contributed by atoms with Crippen molar-refractivity contribution >= 4 is 11.6 Å². The Labute approximate surface area is 117 Å². The maximum Gasteiger partial charge on any atom is 0.269 e. The highest BCUT2D eigenvalue weighted by atomic mass is 16.6. The summed E-state index contributed by atoms with van der Waals surface area (Å²) in [5.41, 5.74) is 0.773. The fourth-order valence-electron chi connectivity index (χ4n) is 2.33. The van der Waals surface area contributed by atoms with Gasteiger partial charge in [0.15, 0.2) is 0 Å². The molecule has 2 rings (SSSR count). The standard InChI is InChI=1S/C14H18N2O4/c17-9-8-15(12-2-1-3-12)14(18)10-11-4-6-13(7-5-11)16(19)20/h4-7,12,17H,1-3,8-10H2. The van der Waals surface area contributed by atoms with E-state index >= 15 is 0 Å². The second-order valence-corrected chi connectivity index (χ2v) is 5.00. The lowest BCUT2D eigenvalue weighted by Gasteiger charge is -2.37. The van der Waals surface area contributed by atoms with Gasteiger partial charge in [0.2, 0.25) is 5.91 Å². The third-order valence-corrected chi connectivity index (χ3v) is 3.68. The number of aliphatic hydroxyl groups excluding tert-OH is 1. The van der Waals surface area contributed by atoms with E-state index in [1.54, 1.807) is 17.0 Å². The van der Waals surface area contributed by atoms with E-state index in [0.29, 0.717) is 6.54 Å². The third kappa shape index (κ3) is 3.33. The van der Waals surface area contributed by atoms with Crippen molar-refractivity contribution in [1.82, 2.24) is 4.90 Å². The van der Waals surface area contributed by atoms with Gasteiger partial charge in [-0.2, -0.15) is 0 Å². The Morgan fingerprint density at radius 2 is 2.00 bits per heavy atom. The van der Waals surface area contributed by atoms with Gasteiger partial charge >= 0.3 is 0 Å². The topological polar surface area (TPSA) is 83.7 Å². The number of rotatable bonds is 6. The van der Waals surface area contributed by atoms with E-state index < -0.39 is 4.92 Å². The number of nitro benzene ring substituents is 1. The number of nitrogens with zero attached hydrogens (tertiary/aromatic N) is 2. The van der Waals surface area contributed by atoms with Gasteiger partial charge in [0.25, 0.3) is 5.69 Å². The van der Waals surface area contributed by atoms with Crippen molar-refractivity contribution in [3.8, 4) is 0 Å². The molecule has 0 aromatic heterocycles. The first-order valence-corrected chi connectivity index (χ1v) is 6.75. The van der Waals surface area contributed by atoms with E-state index in [4.69, 9.17) is 5.11 Å². The first kappa shape index (κ1) is 14.5. The van der Waals surface area contributed by atoms with Crippen LogP contribution in [0.2, 0.25) is 0 Å². The lowest BCUT2D eigenvalue weighted by atomic mass is 9.91. The summed E-state index contributed by atoms with van der Waals surface area (Å²) in [4.78, 5) is 24.1. The average Bonchev–Trinajstić information content (AvgIpc) is 2.36. The number of nitro groups is 1. The van der Waals surface area contributed by atoms with Crippen molar-refractivity contribution in [2.75, 3.05) is 13.2 Å². The molecule has 1 aromatic carbocycles. The lowest BCUT2D eigenvalue weighted by molar-refractivity contribution is -0.384. The first-order chi connectivity index (χ1) is 9.61. The molecule has 0 unspecified atom stereocenters. The Balaban J connectivity index is 1.99. The van der Waals surface area contributed by atoms with Crippen LogP contribution in [0.5, 0.6) is 0 Å². The Hall–Kier alpha value is -1.95. The van der Waals surface area contributed by atoms with Crippen LogP contribution in [0.1, 0.15) is 24.8 Å². The van der Waals surface area contributed by atoms with Crippen LogP contribution >= 0.6 is 0 Å². The quantitative estimate of drug-likeness (QED) is 0.631. The molecule has 20 heavy (non-hydrogen) atoms. The molecular formula is C14H18N2O4. The summed E-state index contributed by atoms with van der Waals surface area (Å²) in [5, 5.41) is 19.6. The summed E-state index contributed by atoms with van der Waals surface area (Å²) in [6, 6.07) is 6.26. The molecule has 6 heteroatoms. The predicted octanol–water partition coefficient (Wildman–Crippen LogP) is 1.51. The second kappa shape index (κ2) is 6.47. The maximum absolute atomic E-state index is 12.2. The minimum atomic E-state index is -0.460.